The van der Waals surface area contributed by atoms with Gasteiger partial charge in [0.15, 0.2) is 4.90 Å². The van der Waals surface area contributed by atoms with Gasteiger partial charge < -0.3 is 14.8 Å². The van der Waals surface area contributed by atoms with Gasteiger partial charge in [-0.25, -0.2) is 18.0 Å². The number of ether oxygens (including phenoxy) is 2. The summed E-state index contributed by atoms with van der Waals surface area (Å²) in [7, 11) is -4.62. The number of terminal acetylenes is 2. The number of carbonyl (C=O) groups excluding carboxylic acids is 2. The fourth-order valence-corrected chi connectivity index (χ4v) is 4.83. The first kappa shape index (κ1) is 32.9. The third kappa shape index (κ3) is 9.70. The summed E-state index contributed by atoms with van der Waals surface area (Å²) in [5.41, 5.74) is 0.922. The molecule has 3 aromatic rings. The number of nitro groups is 1. The minimum absolute atomic E-state index is 0.181. The van der Waals surface area contributed by atoms with Gasteiger partial charge in [0, 0.05) is 6.07 Å². The van der Waals surface area contributed by atoms with Crippen molar-refractivity contribution < 1.29 is 32.4 Å². The Balaban J connectivity index is 0.000000347. The zero-order valence-corrected chi connectivity index (χ0v) is 23.7. The van der Waals surface area contributed by atoms with Crippen LogP contribution in [0.2, 0.25) is 0 Å². The van der Waals surface area contributed by atoms with Crippen molar-refractivity contribution >= 4 is 27.9 Å². The van der Waals surface area contributed by atoms with E-state index < -0.39 is 43.8 Å². The van der Waals surface area contributed by atoms with Crippen LogP contribution in [0, 0.1) is 34.8 Å². The van der Waals surface area contributed by atoms with Gasteiger partial charge in [0.1, 0.15) is 19.3 Å². The second-order valence-corrected chi connectivity index (χ2v) is 10.3. The molecule has 0 fully saturated rings. The number of hydrogen-bond donors (Lipinski definition) is 1. The van der Waals surface area contributed by atoms with Gasteiger partial charge in [0.2, 0.25) is 0 Å². The van der Waals surface area contributed by atoms with E-state index in [0.717, 1.165) is 17.7 Å². The van der Waals surface area contributed by atoms with Crippen LogP contribution in [-0.4, -0.2) is 41.9 Å². The zero-order valence-electron chi connectivity index (χ0n) is 22.9. The van der Waals surface area contributed by atoms with Crippen LogP contribution >= 0.6 is 0 Å². The van der Waals surface area contributed by atoms with Crippen LogP contribution in [0.4, 0.5) is 15.3 Å². The number of hydrogen-bond acceptors (Lipinski definition) is 8. The summed E-state index contributed by atoms with van der Waals surface area (Å²) in [5.74, 6) is 4.53. The molecular weight excluding hydrogens is 562 g/mol. The number of nitrogens with one attached hydrogen (secondary N) is 1. The summed E-state index contributed by atoms with van der Waals surface area (Å²) in [6, 6.07) is 21.3. The van der Waals surface area contributed by atoms with E-state index in [2.05, 4.69) is 17.2 Å². The fourth-order valence-electron chi connectivity index (χ4n) is 3.23. The van der Waals surface area contributed by atoms with Gasteiger partial charge in [-0.2, -0.15) is 4.31 Å². The van der Waals surface area contributed by atoms with E-state index in [4.69, 9.17) is 22.3 Å². The molecular formula is C30H29N3O8S. The molecule has 0 aliphatic heterocycles. The van der Waals surface area contributed by atoms with Crippen LogP contribution in [0.3, 0.4) is 0 Å². The zero-order chi connectivity index (χ0) is 31.1. The predicted molar refractivity (Wildman–Crippen MR) is 155 cm³/mol. The third-order valence-electron chi connectivity index (χ3n) is 5.37. The molecule has 0 heterocycles. The molecule has 12 heteroatoms. The van der Waals surface area contributed by atoms with E-state index in [9.17, 15) is 28.1 Å². The Morgan fingerprint density at radius 3 is 1.88 bits per heavy atom. The summed E-state index contributed by atoms with van der Waals surface area (Å²) in [4.78, 5) is 33.3. The molecule has 11 nitrogen and oxygen atoms in total. The van der Waals surface area contributed by atoms with Crippen molar-refractivity contribution in [1.82, 2.24) is 9.62 Å². The van der Waals surface area contributed by atoms with Crippen LogP contribution < -0.4 is 5.32 Å². The van der Waals surface area contributed by atoms with E-state index >= 15 is 0 Å². The minimum atomic E-state index is -4.62. The van der Waals surface area contributed by atoms with Crippen LogP contribution in [-0.2, 0) is 32.7 Å². The van der Waals surface area contributed by atoms with Crippen LogP contribution in [0.5, 0.6) is 0 Å². The number of rotatable bonds is 9. The Kier molecular flexibility index (Phi) is 12.6. The Morgan fingerprint density at radius 1 is 0.881 bits per heavy atom. The summed E-state index contributed by atoms with van der Waals surface area (Å²) >= 11 is 0. The average Bonchev–Trinajstić information content (AvgIpc) is 3.00. The topological polar surface area (TPSA) is 145 Å². The molecule has 0 radical (unpaired) electrons. The molecule has 3 rings (SSSR count). The summed E-state index contributed by atoms with van der Waals surface area (Å²) in [6.07, 6.45) is 8.68. The first-order chi connectivity index (χ1) is 20.0. The van der Waals surface area contributed by atoms with E-state index in [1.165, 1.54) is 19.1 Å². The SMILES string of the molecule is C#C[C@@H](C)N(C(=O)OCc1ccccc1)S(=O)(=O)c1ccccc1[N+](=O)[O-].C#C[C@@H](C)NC(=O)OCc1ccccc1. The Morgan fingerprint density at radius 2 is 1.38 bits per heavy atom. The Labute approximate surface area is 244 Å². The molecule has 1 N–H and O–H groups in total. The van der Waals surface area contributed by atoms with Gasteiger partial charge in [-0.1, -0.05) is 84.6 Å². The first-order valence-electron chi connectivity index (χ1n) is 12.4. The number of nitro benzene ring substituents is 1. The summed E-state index contributed by atoms with van der Waals surface area (Å²) < 4.78 is 36.2. The standard InChI is InChI=1S/C18H16N2O6S.C12H13NO2/c1-3-14(2)19(18(21)26-13-15-9-5-4-6-10-15)27(24,25)17-12-8-7-11-16(17)20(22)23;1-3-10(2)13-12(14)15-9-11-7-5-4-6-8-11/h1,4-12,14H,13H2,2H3;1,4-8,10H,9H2,2H3,(H,13,14)/t14-;10-/m11/s1. The van der Waals surface area contributed by atoms with Gasteiger partial charge in [0.25, 0.3) is 15.7 Å². The second kappa shape index (κ2) is 16.1. The van der Waals surface area contributed by atoms with Gasteiger partial charge >= 0.3 is 12.2 Å². The molecule has 42 heavy (non-hydrogen) atoms. The first-order valence-corrected chi connectivity index (χ1v) is 13.8. The van der Waals surface area contributed by atoms with Gasteiger partial charge in [0.05, 0.1) is 11.0 Å². The smallest absolute Gasteiger partial charge is 0.425 e. The highest BCUT2D eigenvalue weighted by Crippen LogP contribution is 2.28. The molecule has 0 saturated carbocycles. The van der Waals surface area contributed by atoms with E-state index in [1.54, 1.807) is 37.3 Å². The quantitative estimate of drug-likeness (QED) is 0.211. The van der Waals surface area contributed by atoms with E-state index in [1.807, 2.05) is 30.3 Å². The maximum Gasteiger partial charge on any atom is 0.425 e. The number of carbonyl (C=O) groups is 2. The van der Waals surface area contributed by atoms with Crippen LogP contribution in [0.1, 0.15) is 25.0 Å². The highest BCUT2D eigenvalue weighted by molar-refractivity contribution is 7.89. The average molecular weight is 592 g/mol. The number of para-hydroxylation sites is 1. The predicted octanol–water partition coefficient (Wildman–Crippen LogP) is 4.88. The molecule has 2 atom stereocenters. The third-order valence-corrected chi connectivity index (χ3v) is 7.26. The Hall–Kier alpha value is -5.33. The van der Waals surface area contributed by atoms with E-state index in [-0.39, 0.29) is 19.3 Å². The van der Waals surface area contributed by atoms with Crippen molar-refractivity contribution in [3.8, 4) is 24.7 Å². The van der Waals surface area contributed by atoms with Crippen molar-refractivity contribution in [2.24, 2.45) is 0 Å². The lowest BCUT2D eigenvalue weighted by molar-refractivity contribution is -0.387. The maximum atomic E-state index is 12.9. The molecule has 218 valence electrons. The molecule has 0 aliphatic rings. The molecule has 0 unspecified atom stereocenters. The lowest BCUT2D eigenvalue weighted by Crippen LogP contribution is -2.43. The Bertz CT molecular complexity index is 1550. The van der Waals surface area contributed by atoms with Crippen molar-refractivity contribution in [2.75, 3.05) is 0 Å². The molecule has 0 aliphatic carbocycles. The summed E-state index contributed by atoms with van der Waals surface area (Å²) in [5, 5.41) is 13.7. The van der Waals surface area contributed by atoms with Crippen molar-refractivity contribution in [1.29, 1.82) is 0 Å². The number of alkyl carbamates (subject to hydrolysis) is 1. The molecule has 0 bridgehead atoms. The van der Waals surface area contributed by atoms with Crippen molar-refractivity contribution in [3.63, 3.8) is 0 Å². The summed E-state index contributed by atoms with van der Waals surface area (Å²) in [6.45, 7) is 3.09. The minimum Gasteiger partial charge on any atom is -0.445 e. The van der Waals surface area contributed by atoms with Crippen molar-refractivity contribution in [2.45, 2.75) is 44.0 Å². The van der Waals surface area contributed by atoms with Crippen LogP contribution in [0.15, 0.2) is 89.8 Å². The number of amides is 2. The van der Waals surface area contributed by atoms with E-state index in [0.29, 0.717) is 9.87 Å². The highest BCUT2D eigenvalue weighted by atomic mass is 32.2. The number of sulfonamides is 1. The van der Waals surface area contributed by atoms with Gasteiger partial charge in [-0.05, 0) is 31.0 Å². The molecule has 0 saturated heterocycles. The lowest BCUT2D eigenvalue weighted by atomic mass is 10.2. The molecule has 3 aromatic carbocycles. The lowest BCUT2D eigenvalue weighted by Gasteiger charge is -2.24. The molecule has 0 spiro atoms. The molecule has 2 amide bonds. The number of nitrogens with zero attached hydrogens (tertiary/aromatic N) is 2. The van der Waals surface area contributed by atoms with Crippen molar-refractivity contribution in [3.05, 3.63) is 106 Å². The molecule has 0 aromatic heterocycles. The van der Waals surface area contributed by atoms with Gasteiger partial charge in [-0.3, -0.25) is 10.1 Å². The fraction of sp³-hybridized carbons (Fsp3) is 0.200. The number of benzene rings is 3. The monoisotopic (exact) mass is 591 g/mol. The largest absolute Gasteiger partial charge is 0.445 e. The van der Waals surface area contributed by atoms with Crippen LogP contribution in [0.25, 0.3) is 0 Å². The second-order valence-electron chi connectivity index (χ2n) is 8.50. The highest BCUT2D eigenvalue weighted by Gasteiger charge is 2.38. The maximum absolute atomic E-state index is 12.9. The van der Waals surface area contributed by atoms with Gasteiger partial charge in [-0.15, -0.1) is 12.8 Å². The normalized spacial score (nSPS) is 11.6.